The molecule has 1 aromatic carbocycles. The molecule has 5 heteroatoms. The zero-order valence-corrected chi connectivity index (χ0v) is 12.1. The smallest absolute Gasteiger partial charge is 0.146 e. The van der Waals surface area contributed by atoms with Crippen LogP contribution in [0.3, 0.4) is 0 Å². The summed E-state index contributed by atoms with van der Waals surface area (Å²) in [7, 11) is 0. The lowest BCUT2D eigenvalue weighted by Gasteiger charge is -2.41. The molecule has 0 saturated carbocycles. The molecule has 0 radical (unpaired) electrons. The predicted molar refractivity (Wildman–Crippen MR) is 80.5 cm³/mol. The Morgan fingerprint density at radius 1 is 1.19 bits per heavy atom. The molecular weight excluding hydrogens is 267 g/mol. The summed E-state index contributed by atoms with van der Waals surface area (Å²) in [6.45, 7) is 5.59. The number of nitrogens with zero attached hydrogens (tertiary/aromatic N) is 4. The number of aromatic nitrogens is 2. The van der Waals surface area contributed by atoms with E-state index in [2.05, 4.69) is 26.7 Å². The average Bonchev–Trinajstić information content (AvgIpc) is 2.51. The SMILES string of the molecule is C[C@@H]1CN(c2ccccc2F)CCN1Cc1cncnc1. The maximum Gasteiger partial charge on any atom is 0.146 e. The number of piperazine rings is 1. The van der Waals surface area contributed by atoms with E-state index in [0.717, 1.165) is 31.7 Å². The van der Waals surface area contributed by atoms with Crippen LogP contribution in [0.4, 0.5) is 10.1 Å². The van der Waals surface area contributed by atoms with Crippen molar-refractivity contribution in [3.63, 3.8) is 0 Å². The maximum atomic E-state index is 13.9. The van der Waals surface area contributed by atoms with E-state index in [-0.39, 0.29) is 5.82 Å². The molecule has 0 bridgehead atoms. The molecule has 1 fully saturated rings. The first-order valence-electron chi connectivity index (χ1n) is 7.21. The van der Waals surface area contributed by atoms with Crippen LogP contribution in [0, 0.1) is 5.82 Å². The monoisotopic (exact) mass is 286 g/mol. The van der Waals surface area contributed by atoms with E-state index in [4.69, 9.17) is 0 Å². The van der Waals surface area contributed by atoms with Crippen molar-refractivity contribution >= 4 is 5.69 Å². The summed E-state index contributed by atoms with van der Waals surface area (Å²) in [5, 5.41) is 0. The van der Waals surface area contributed by atoms with Gasteiger partial charge in [0, 0.05) is 50.2 Å². The summed E-state index contributed by atoms with van der Waals surface area (Å²) in [5.74, 6) is -0.144. The van der Waals surface area contributed by atoms with Gasteiger partial charge >= 0.3 is 0 Å². The lowest BCUT2D eigenvalue weighted by Crippen LogP contribution is -2.51. The summed E-state index contributed by atoms with van der Waals surface area (Å²) in [4.78, 5) is 12.6. The first-order valence-corrected chi connectivity index (χ1v) is 7.21. The van der Waals surface area contributed by atoms with Gasteiger partial charge in [-0.3, -0.25) is 4.90 Å². The Morgan fingerprint density at radius 3 is 2.67 bits per heavy atom. The number of benzene rings is 1. The second-order valence-corrected chi connectivity index (χ2v) is 5.46. The van der Waals surface area contributed by atoms with Crippen LogP contribution in [0.1, 0.15) is 12.5 Å². The molecule has 0 amide bonds. The van der Waals surface area contributed by atoms with Gasteiger partial charge in [-0.1, -0.05) is 12.1 Å². The summed E-state index contributed by atoms with van der Waals surface area (Å²) in [5.41, 5.74) is 1.82. The van der Waals surface area contributed by atoms with E-state index in [1.807, 2.05) is 24.5 Å². The zero-order chi connectivity index (χ0) is 14.7. The second-order valence-electron chi connectivity index (χ2n) is 5.46. The Hall–Kier alpha value is -2.01. The van der Waals surface area contributed by atoms with Gasteiger partial charge in [0.05, 0.1) is 5.69 Å². The highest BCUT2D eigenvalue weighted by Gasteiger charge is 2.25. The lowest BCUT2D eigenvalue weighted by molar-refractivity contribution is 0.180. The van der Waals surface area contributed by atoms with Crippen LogP contribution >= 0.6 is 0 Å². The Kier molecular flexibility index (Phi) is 4.10. The van der Waals surface area contributed by atoms with Crippen molar-refractivity contribution in [1.29, 1.82) is 0 Å². The van der Waals surface area contributed by atoms with Crippen molar-refractivity contribution in [3.05, 3.63) is 54.4 Å². The van der Waals surface area contributed by atoms with E-state index >= 15 is 0 Å². The van der Waals surface area contributed by atoms with Crippen molar-refractivity contribution in [2.24, 2.45) is 0 Å². The Balaban J connectivity index is 1.66. The molecule has 1 saturated heterocycles. The van der Waals surface area contributed by atoms with Crippen LogP contribution < -0.4 is 4.90 Å². The minimum atomic E-state index is -0.144. The minimum absolute atomic E-state index is 0.144. The van der Waals surface area contributed by atoms with Crippen molar-refractivity contribution in [1.82, 2.24) is 14.9 Å². The molecule has 110 valence electrons. The molecule has 2 aromatic rings. The van der Waals surface area contributed by atoms with Crippen LogP contribution in [-0.2, 0) is 6.54 Å². The van der Waals surface area contributed by atoms with Crippen LogP contribution in [0.15, 0.2) is 43.0 Å². The van der Waals surface area contributed by atoms with E-state index < -0.39 is 0 Å². The summed E-state index contributed by atoms with van der Waals surface area (Å²) in [6.07, 6.45) is 5.25. The van der Waals surface area contributed by atoms with Crippen molar-refractivity contribution in [2.75, 3.05) is 24.5 Å². The third-order valence-electron chi connectivity index (χ3n) is 3.96. The molecule has 0 N–H and O–H groups in total. The first kappa shape index (κ1) is 13.9. The number of halogens is 1. The zero-order valence-electron chi connectivity index (χ0n) is 12.1. The van der Waals surface area contributed by atoms with Gasteiger partial charge in [0.1, 0.15) is 12.1 Å². The number of para-hydroxylation sites is 1. The summed E-state index contributed by atoms with van der Waals surface area (Å²) in [6, 6.07) is 7.35. The van der Waals surface area contributed by atoms with E-state index in [1.54, 1.807) is 12.4 Å². The van der Waals surface area contributed by atoms with E-state index in [9.17, 15) is 4.39 Å². The van der Waals surface area contributed by atoms with E-state index in [1.165, 1.54) is 6.07 Å². The van der Waals surface area contributed by atoms with E-state index in [0.29, 0.717) is 11.7 Å². The van der Waals surface area contributed by atoms with Gasteiger partial charge in [0.25, 0.3) is 0 Å². The molecule has 4 nitrogen and oxygen atoms in total. The summed E-state index contributed by atoms with van der Waals surface area (Å²) >= 11 is 0. The lowest BCUT2D eigenvalue weighted by atomic mass is 10.1. The molecule has 1 atom stereocenters. The quantitative estimate of drug-likeness (QED) is 0.867. The highest BCUT2D eigenvalue weighted by Crippen LogP contribution is 2.22. The number of anilines is 1. The topological polar surface area (TPSA) is 32.3 Å². The molecule has 1 aliphatic heterocycles. The van der Waals surface area contributed by atoms with Gasteiger partial charge in [-0.2, -0.15) is 0 Å². The van der Waals surface area contributed by atoms with Crippen LogP contribution in [0.25, 0.3) is 0 Å². The van der Waals surface area contributed by atoms with Crippen LogP contribution in [0.5, 0.6) is 0 Å². The Morgan fingerprint density at radius 2 is 1.95 bits per heavy atom. The number of hydrogen-bond acceptors (Lipinski definition) is 4. The highest BCUT2D eigenvalue weighted by atomic mass is 19.1. The average molecular weight is 286 g/mol. The summed E-state index contributed by atoms with van der Waals surface area (Å²) < 4.78 is 13.9. The highest BCUT2D eigenvalue weighted by molar-refractivity contribution is 5.48. The molecule has 2 heterocycles. The maximum absolute atomic E-state index is 13.9. The van der Waals surface area contributed by atoms with Gasteiger partial charge in [-0.15, -0.1) is 0 Å². The fraction of sp³-hybridized carbons (Fsp3) is 0.375. The standard InChI is InChI=1S/C16H19FN4/c1-13-10-21(16-5-3-2-4-15(16)17)7-6-20(13)11-14-8-18-12-19-9-14/h2-5,8-9,12-13H,6-7,10-11H2,1H3/t13-/m1/s1. The Bertz CT molecular complexity index is 590. The Labute approximate surface area is 124 Å². The predicted octanol–water partition coefficient (Wildman–Crippen LogP) is 2.33. The molecule has 1 aliphatic rings. The fourth-order valence-corrected chi connectivity index (χ4v) is 2.80. The van der Waals surface area contributed by atoms with Crippen molar-refractivity contribution in [2.45, 2.75) is 19.5 Å². The molecule has 21 heavy (non-hydrogen) atoms. The fourth-order valence-electron chi connectivity index (χ4n) is 2.80. The van der Waals surface area contributed by atoms with Crippen LogP contribution in [-0.4, -0.2) is 40.5 Å². The molecule has 0 spiro atoms. The molecular formula is C16H19FN4. The number of rotatable bonds is 3. The molecule has 0 aliphatic carbocycles. The number of hydrogen-bond donors (Lipinski definition) is 0. The largest absolute Gasteiger partial charge is 0.366 e. The van der Waals surface area contributed by atoms with Crippen molar-refractivity contribution in [3.8, 4) is 0 Å². The minimum Gasteiger partial charge on any atom is -0.366 e. The van der Waals surface area contributed by atoms with Gasteiger partial charge in [0.15, 0.2) is 0 Å². The normalized spacial score (nSPS) is 19.7. The first-order chi connectivity index (χ1) is 10.2. The third kappa shape index (κ3) is 3.19. The van der Waals surface area contributed by atoms with Crippen LogP contribution in [0.2, 0.25) is 0 Å². The second kappa shape index (κ2) is 6.18. The van der Waals surface area contributed by atoms with Gasteiger partial charge < -0.3 is 4.90 Å². The molecule has 0 unspecified atom stereocenters. The van der Waals surface area contributed by atoms with Gasteiger partial charge in [-0.25, -0.2) is 14.4 Å². The molecule has 1 aromatic heterocycles. The third-order valence-corrected chi connectivity index (χ3v) is 3.96. The molecule has 3 rings (SSSR count). The van der Waals surface area contributed by atoms with Gasteiger partial charge in [-0.05, 0) is 19.1 Å². The van der Waals surface area contributed by atoms with Crippen molar-refractivity contribution < 1.29 is 4.39 Å². The van der Waals surface area contributed by atoms with Gasteiger partial charge in [0.2, 0.25) is 0 Å².